The second-order valence-electron chi connectivity index (χ2n) is 4.35. The molecule has 0 fully saturated rings. The molecule has 3 rings (SSSR count). The van der Waals surface area contributed by atoms with Crippen molar-refractivity contribution in [2.45, 2.75) is 0 Å². The Morgan fingerprint density at radius 2 is 2.00 bits per heavy atom. The third-order valence-electron chi connectivity index (χ3n) is 2.96. The first-order valence-electron chi connectivity index (χ1n) is 6.17. The molecular weight excluding hydrogens is 288 g/mol. The van der Waals surface area contributed by atoms with Crippen LogP contribution in [0.3, 0.4) is 0 Å². The summed E-state index contributed by atoms with van der Waals surface area (Å²) in [5.74, 6) is -0.626. The number of aromatic hydroxyl groups is 1. The molecule has 3 aromatic rings. The molecule has 2 aromatic heterocycles. The van der Waals surface area contributed by atoms with Crippen LogP contribution in [0.1, 0.15) is 15.2 Å². The Balaban J connectivity index is 2.10. The maximum absolute atomic E-state index is 12.3. The van der Waals surface area contributed by atoms with E-state index in [2.05, 4.69) is 0 Å². The average Bonchev–Trinajstić information content (AvgIpc) is 2.98. The van der Waals surface area contributed by atoms with Gasteiger partial charge in [0, 0.05) is 16.3 Å². The summed E-state index contributed by atoms with van der Waals surface area (Å²) < 4.78 is 5.06. The Hall–Kier alpha value is -2.66. The van der Waals surface area contributed by atoms with Crippen molar-refractivity contribution in [3.63, 3.8) is 0 Å². The lowest BCUT2D eigenvalue weighted by atomic mass is 10.1. The number of phenols is 1. The van der Waals surface area contributed by atoms with Crippen LogP contribution in [-0.2, 0) is 0 Å². The molecule has 5 heteroatoms. The van der Waals surface area contributed by atoms with Crippen molar-refractivity contribution in [3.8, 4) is 5.75 Å². The lowest BCUT2D eigenvalue weighted by Gasteiger charge is -2.04. The molecule has 0 aliphatic heterocycles. The van der Waals surface area contributed by atoms with Gasteiger partial charge >= 0.3 is 5.63 Å². The Kier molecular flexibility index (Phi) is 3.41. The highest BCUT2D eigenvalue weighted by Gasteiger charge is 2.15. The SMILES string of the molecule is O=C(C=Cc1cccs1)c1c(O)ccc2ccc(=O)oc12. The van der Waals surface area contributed by atoms with Crippen molar-refractivity contribution >= 4 is 34.2 Å². The average molecular weight is 298 g/mol. The van der Waals surface area contributed by atoms with E-state index in [1.54, 1.807) is 18.2 Å². The first kappa shape index (κ1) is 13.3. The topological polar surface area (TPSA) is 67.5 Å². The lowest BCUT2D eigenvalue weighted by molar-refractivity contribution is 0.104. The van der Waals surface area contributed by atoms with Crippen molar-refractivity contribution in [1.29, 1.82) is 0 Å². The Labute approximate surface area is 123 Å². The first-order chi connectivity index (χ1) is 10.1. The molecule has 4 nitrogen and oxygen atoms in total. The second-order valence-corrected chi connectivity index (χ2v) is 5.32. The number of allylic oxidation sites excluding steroid dienone is 1. The van der Waals surface area contributed by atoms with Crippen LogP contribution < -0.4 is 5.63 Å². The molecular formula is C16H10O4S. The summed E-state index contributed by atoms with van der Waals surface area (Å²) in [6, 6.07) is 9.58. The quantitative estimate of drug-likeness (QED) is 0.457. The van der Waals surface area contributed by atoms with Crippen molar-refractivity contribution in [2.24, 2.45) is 0 Å². The van der Waals surface area contributed by atoms with E-state index in [4.69, 9.17) is 4.42 Å². The molecule has 2 heterocycles. The van der Waals surface area contributed by atoms with Crippen LogP contribution in [0.15, 0.2) is 57.1 Å². The number of carbonyl (C=O) groups excluding carboxylic acids is 1. The summed E-state index contributed by atoms with van der Waals surface area (Å²) in [6.07, 6.45) is 3.01. The van der Waals surface area contributed by atoms with E-state index in [1.807, 2.05) is 17.5 Å². The highest BCUT2D eigenvalue weighted by Crippen LogP contribution is 2.27. The maximum atomic E-state index is 12.3. The van der Waals surface area contributed by atoms with E-state index in [9.17, 15) is 14.7 Å². The molecule has 0 radical (unpaired) electrons. The number of thiophene rings is 1. The molecule has 0 saturated carbocycles. The third kappa shape index (κ3) is 2.64. The van der Waals surface area contributed by atoms with Crippen LogP contribution in [0.25, 0.3) is 17.0 Å². The van der Waals surface area contributed by atoms with E-state index in [0.29, 0.717) is 5.39 Å². The van der Waals surface area contributed by atoms with Gasteiger partial charge in [-0.1, -0.05) is 6.07 Å². The number of rotatable bonds is 3. The predicted molar refractivity (Wildman–Crippen MR) is 81.8 cm³/mol. The van der Waals surface area contributed by atoms with Crippen molar-refractivity contribution in [2.75, 3.05) is 0 Å². The Morgan fingerprint density at radius 3 is 2.76 bits per heavy atom. The summed E-state index contributed by atoms with van der Waals surface area (Å²) in [7, 11) is 0. The molecule has 0 bridgehead atoms. The van der Waals surface area contributed by atoms with Gasteiger partial charge in [0.05, 0.1) is 0 Å². The molecule has 0 aliphatic carbocycles. The molecule has 0 atom stereocenters. The van der Waals surface area contributed by atoms with E-state index >= 15 is 0 Å². The highest BCUT2D eigenvalue weighted by molar-refractivity contribution is 7.10. The largest absolute Gasteiger partial charge is 0.507 e. The molecule has 1 N–H and O–H groups in total. The third-order valence-corrected chi connectivity index (χ3v) is 3.79. The Bertz CT molecular complexity index is 888. The standard InChI is InChI=1S/C16H10O4S/c17-12-6-3-10-4-8-14(19)20-16(10)15(12)13(18)7-5-11-2-1-9-21-11/h1-9,17H. The normalized spacial score (nSPS) is 11.2. The van der Waals surface area contributed by atoms with Crippen LogP contribution >= 0.6 is 11.3 Å². The van der Waals surface area contributed by atoms with Crippen LogP contribution in [-0.4, -0.2) is 10.9 Å². The number of hydrogen-bond acceptors (Lipinski definition) is 5. The summed E-state index contributed by atoms with van der Waals surface area (Å²) in [4.78, 5) is 24.5. The molecule has 0 spiro atoms. The zero-order chi connectivity index (χ0) is 14.8. The number of benzene rings is 1. The van der Waals surface area contributed by atoms with Gasteiger partial charge in [0.25, 0.3) is 0 Å². The van der Waals surface area contributed by atoms with Crippen molar-refractivity contribution in [1.82, 2.24) is 0 Å². The fourth-order valence-electron chi connectivity index (χ4n) is 1.99. The predicted octanol–water partition coefficient (Wildman–Crippen LogP) is 3.46. The van der Waals surface area contributed by atoms with Crippen LogP contribution in [0.2, 0.25) is 0 Å². The summed E-state index contributed by atoms with van der Waals surface area (Å²) in [6.45, 7) is 0. The second kappa shape index (κ2) is 5.38. The van der Waals surface area contributed by atoms with E-state index in [1.165, 1.54) is 29.5 Å². The van der Waals surface area contributed by atoms with Crippen LogP contribution in [0.4, 0.5) is 0 Å². The fourth-order valence-corrected chi connectivity index (χ4v) is 2.61. The number of carbonyl (C=O) groups is 1. The minimum atomic E-state index is -0.565. The van der Waals surface area contributed by atoms with Gasteiger partial charge in [-0.25, -0.2) is 4.79 Å². The monoisotopic (exact) mass is 298 g/mol. The smallest absolute Gasteiger partial charge is 0.336 e. The molecule has 104 valence electrons. The molecule has 0 aliphatic rings. The first-order valence-corrected chi connectivity index (χ1v) is 7.05. The molecule has 0 unspecified atom stereocenters. The zero-order valence-corrected chi connectivity index (χ0v) is 11.6. The van der Waals surface area contributed by atoms with Gasteiger partial charge in [0.15, 0.2) is 11.4 Å². The van der Waals surface area contributed by atoms with Gasteiger partial charge in [-0.2, -0.15) is 0 Å². The Morgan fingerprint density at radius 1 is 1.19 bits per heavy atom. The molecule has 0 saturated heterocycles. The van der Waals surface area contributed by atoms with E-state index in [-0.39, 0.29) is 16.9 Å². The van der Waals surface area contributed by atoms with Crippen LogP contribution in [0.5, 0.6) is 5.75 Å². The van der Waals surface area contributed by atoms with E-state index < -0.39 is 11.4 Å². The van der Waals surface area contributed by atoms with Gasteiger partial charge in [-0.05, 0) is 41.8 Å². The molecule has 21 heavy (non-hydrogen) atoms. The van der Waals surface area contributed by atoms with Crippen molar-refractivity contribution < 1.29 is 14.3 Å². The number of ketones is 1. The minimum Gasteiger partial charge on any atom is -0.507 e. The summed E-state index contributed by atoms with van der Waals surface area (Å²) in [5.41, 5.74) is -0.467. The lowest BCUT2D eigenvalue weighted by Crippen LogP contribution is -2.01. The van der Waals surface area contributed by atoms with Gasteiger partial charge in [0.1, 0.15) is 11.3 Å². The van der Waals surface area contributed by atoms with Gasteiger partial charge in [0.2, 0.25) is 0 Å². The van der Waals surface area contributed by atoms with Crippen LogP contribution in [0, 0.1) is 0 Å². The number of fused-ring (bicyclic) bond motifs is 1. The van der Waals surface area contributed by atoms with Gasteiger partial charge in [-0.15, -0.1) is 11.3 Å². The fraction of sp³-hybridized carbons (Fsp3) is 0. The zero-order valence-electron chi connectivity index (χ0n) is 10.8. The highest BCUT2D eigenvalue weighted by atomic mass is 32.1. The number of phenolic OH excluding ortho intramolecular Hbond substituents is 1. The molecule has 0 amide bonds. The van der Waals surface area contributed by atoms with Gasteiger partial charge in [-0.3, -0.25) is 4.79 Å². The number of hydrogen-bond donors (Lipinski definition) is 1. The van der Waals surface area contributed by atoms with E-state index in [0.717, 1.165) is 4.88 Å². The van der Waals surface area contributed by atoms with Gasteiger partial charge < -0.3 is 9.52 Å². The molecule has 1 aromatic carbocycles. The van der Waals surface area contributed by atoms with Crippen molar-refractivity contribution in [3.05, 3.63) is 68.7 Å². The summed E-state index contributed by atoms with van der Waals surface area (Å²) in [5, 5.41) is 12.4. The minimum absolute atomic E-state index is 0.00185. The summed E-state index contributed by atoms with van der Waals surface area (Å²) >= 11 is 1.50. The maximum Gasteiger partial charge on any atom is 0.336 e.